The van der Waals surface area contributed by atoms with Crippen LogP contribution in [0.15, 0.2) is 24.4 Å². The molecule has 3 atom stereocenters. The van der Waals surface area contributed by atoms with Gasteiger partial charge < -0.3 is 10.0 Å². The van der Waals surface area contributed by atoms with Crippen LogP contribution in [0.25, 0.3) is 5.65 Å². The molecule has 0 amide bonds. The fraction of sp³-hybridized carbons (Fsp3) is 0.467. The van der Waals surface area contributed by atoms with Gasteiger partial charge in [0.25, 0.3) is 0 Å². The first kappa shape index (κ1) is 11.9. The zero-order valence-corrected chi connectivity index (χ0v) is 11.1. The number of pyridine rings is 1. The average molecular weight is 271 g/mol. The first-order valence-corrected chi connectivity index (χ1v) is 7.13. The fourth-order valence-electron chi connectivity index (χ4n) is 3.75. The molecule has 2 aliphatic rings. The minimum atomic E-state index is -0.193. The Kier molecular flexibility index (Phi) is 2.57. The third-order valence-electron chi connectivity index (χ3n) is 4.78. The smallest absolute Gasteiger partial charge is 0.170 e. The highest BCUT2D eigenvalue weighted by atomic mass is 16.3. The van der Waals surface area contributed by atoms with Gasteiger partial charge in [0.15, 0.2) is 12.1 Å². The van der Waals surface area contributed by atoms with Crippen molar-refractivity contribution in [1.82, 2.24) is 9.38 Å². The number of aldehydes is 1. The van der Waals surface area contributed by atoms with Gasteiger partial charge in [-0.05, 0) is 30.9 Å². The average Bonchev–Trinajstić information content (AvgIpc) is 3.12. The predicted octanol–water partition coefficient (Wildman–Crippen LogP) is 1.35. The van der Waals surface area contributed by atoms with Crippen molar-refractivity contribution in [2.45, 2.75) is 18.9 Å². The summed E-state index contributed by atoms with van der Waals surface area (Å²) in [4.78, 5) is 18.2. The fourth-order valence-corrected chi connectivity index (χ4v) is 3.75. The van der Waals surface area contributed by atoms with Gasteiger partial charge in [0.2, 0.25) is 0 Å². The van der Waals surface area contributed by atoms with Crippen molar-refractivity contribution in [2.75, 3.05) is 18.0 Å². The maximum Gasteiger partial charge on any atom is 0.170 e. The normalized spacial score (nSPS) is 29.1. The Hall–Kier alpha value is -1.88. The molecule has 1 aliphatic carbocycles. The molecule has 5 nitrogen and oxygen atoms in total. The lowest BCUT2D eigenvalue weighted by Gasteiger charge is -2.18. The standard InChI is InChI=1S/C15H17N3O2/c19-9-12-15(16-14-3-1-2-6-18(12)14)17-7-10-4-5-13(20)11(10)8-17/h1-3,6,9-11,13,20H,4-5,7-8H2. The molecule has 1 aliphatic heterocycles. The highest BCUT2D eigenvalue weighted by Gasteiger charge is 2.43. The molecule has 2 aromatic heterocycles. The topological polar surface area (TPSA) is 57.8 Å². The third-order valence-corrected chi connectivity index (χ3v) is 4.78. The number of fused-ring (bicyclic) bond motifs is 2. The second-order valence-corrected chi connectivity index (χ2v) is 5.84. The van der Waals surface area contributed by atoms with Crippen LogP contribution in [0.5, 0.6) is 0 Å². The second kappa shape index (κ2) is 4.31. The van der Waals surface area contributed by atoms with E-state index < -0.39 is 0 Å². The Bertz CT molecular complexity index is 666. The lowest BCUT2D eigenvalue weighted by atomic mass is 10.00. The molecule has 1 saturated heterocycles. The van der Waals surface area contributed by atoms with Gasteiger partial charge in [-0.3, -0.25) is 9.20 Å². The van der Waals surface area contributed by atoms with Gasteiger partial charge in [0.05, 0.1) is 6.10 Å². The summed E-state index contributed by atoms with van der Waals surface area (Å²) in [7, 11) is 0. The monoisotopic (exact) mass is 271 g/mol. The van der Waals surface area contributed by atoms with E-state index in [1.165, 1.54) is 0 Å². The Morgan fingerprint density at radius 1 is 1.30 bits per heavy atom. The van der Waals surface area contributed by atoms with E-state index in [0.717, 1.165) is 43.7 Å². The van der Waals surface area contributed by atoms with Crippen LogP contribution in [0.2, 0.25) is 0 Å². The van der Waals surface area contributed by atoms with Crippen LogP contribution < -0.4 is 4.90 Å². The van der Waals surface area contributed by atoms with Crippen molar-refractivity contribution in [1.29, 1.82) is 0 Å². The van der Waals surface area contributed by atoms with E-state index in [0.29, 0.717) is 17.5 Å². The van der Waals surface area contributed by atoms with Crippen molar-refractivity contribution >= 4 is 17.8 Å². The van der Waals surface area contributed by atoms with Crippen molar-refractivity contribution in [3.8, 4) is 0 Å². The quantitative estimate of drug-likeness (QED) is 0.838. The number of aliphatic hydroxyl groups is 1. The first-order chi connectivity index (χ1) is 9.78. The molecule has 4 rings (SSSR count). The van der Waals surface area contributed by atoms with Gasteiger partial charge >= 0.3 is 0 Å². The molecule has 0 aromatic carbocycles. The molecular weight excluding hydrogens is 254 g/mol. The van der Waals surface area contributed by atoms with E-state index in [2.05, 4.69) is 9.88 Å². The molecule has 0 bridgehead atoms. The highest BCUT2D eigenvalue weighted by molar-refractivity contribution is 5.83. The summed E-state index contributed by atoms with van der Waals surface area (Å²) in [5.41, 5.74) is 1.40. The van der Waals surface area contributed by atoms with Crippen LogP contribution in [-0.4, -0.2) is 40.0 Å². The van der Waals surface area contributed by atoms with Crippen molar-refractivity contribution in [3.05, 3.63) is 30.1 Å². The van der Waals surface area contributed by atoms with E-state index in [1.54, 1.807) is 0 Å². The Morgan fingerprint density at radius 2 is 2.20 bits per heavy atom. The Labute approximate surface area is 116 Å². The van der Waals surface area contributed by atoms with Crippen LogP contribution in [0.1, 0.15) is 23.3 Å². The lowest BCUT2D eigenvalue weighted by molar-refractivity contribution is 0.111. The van der Waals surface area contributed by atoms with E-state index in [-0.39, 0.29) is 6.10 Å². The zero-order valence-electron chi connectivity index (χ0n) is 11.1. The number of aromatic nitrogens is 2. The summed E-state index contributed by atoms with van der Waals surface area (Å²) >= 11 is 0. The van der Waals surface area contributed by atoms with Crippen LogP contribution in [0, 0.1) is 11.8 Å². The number of carbonyl (C=O) groups excluding carboxylic acids is 1. The highest BCUT2D eigenvalue weighted by Crippen LogP contribution is 2.40. The molecule has 3 unspecified atom stereocenters. The van der Waals surface area contributed by atoms with Gasteiger partial charge in [0.1, 0.15) is 11.3 Å². The number of nitrogens with zero attached hydrogens (tertiary/aromatic N) is 3. The SMILES string of the molecule is O=Cc1c(N2CC3CCC(O)C3C2)nc2ccccn12. The predicted molar refractivity (Wildman–Crippen MR) is 75.0 cm³/mol. The summed E-state index contributed by atoms with van der Waals surface area (Å²) in [5, 5.41) is 10.0. The van der Waals surface area contributed by atoms with E-state index in [4.69, 9.17) is 0 Å². The van der Waals surface area contributed by atoms with Crippen LogP contribution in [0.4, 0.5) is 5.82 Å². The number of carbonyl (C=O) groups is 1. The summed E-state index contributed by atoms with van der Waals surface area (Å²) in [6.07, 6.45) is 4.53. The summed E-state index contributed by atoms with van der Waals surface area (Å²) < 4.78 is 1.83. The van der Waals surface area contributed by atoms with Crippen LogP contribution in [0.3, 0.4) is 0 Å². The molecule has 0 spiro atoms. The Balaban J connectivity index is 1.74. The molecule has 2 aromatic rings. The zero-order chi connectivity index (χ0) is 13.7. The molecule has 5 heteroatoms. The second-order valence-electron chi connectivity index (χ2n) is 5.84. The minimum Gasteiger partial charge on any atom is -0.393 e. The van der Waals surface area contributed by atoms with Crippen LogP contribution >= 0.6 is 0 Å². The first-order valence-electron chi connectivity index (χ1n) is 7.13. The number of aliphatic hydroxyl groups excluding tert-OH is 1. The summed E-state index contributed by atoms with van der Waals surface area (Å²) in [5.74, 6) is 1.63. The van der Waals surface area contributed by atoms with Gasteiger partial charge in [-0.1, -0.05) is 6.07 Å². The largest absolute Gasteiger partial charge is 0.393 e. The van der Waals surface area contributed by atoms with Gasteiger partial charge in [0, 0.05) is 25.2 Å². The minimum absolute atomic E-state index is 0.193. The number of hydrogen-bond acceptors (Lipinski definition) is 4. The molecule has 2 fully saturated rings. The number of imidazole rings is 1. The van der Waals surface area contributed by atoms with Crippen molar-refractivity contribution in [3.63, 3.8) is 0 Å². The number of rotatable bonds is 2. The van der Waals surface area contributed by atoms with E-state index in [1.807, 2.05) is 28.8 Å². The molecule has 3 heterocycles. The molecule has 0 radical (unpaired) electrons. The maximum absolute atomic E-state index is 11.4. The van der Waals surface area contributed by atoms with E-state index in [9.17, 15) is 9.90 Å². The van der Waals surface area contributed by atoms with Crippen molar-refractivity contribution in [2.24, 2.45) is 11.8 Å². The van der Waals surface area contributed by atoms with E-state index >= 15 is 0 Å². The van der Waals surface area contributed by atoms with Gasteiger partial charge in [-0.2, -0.15) is 0 Å². The molecule has 20 heavy (non-hydrogen) atoms. The number of hydrogen-bond donors (Lipinski definition) is 1. The van der Waals surface area contributed by atoms with Gasteiger partial charge in [-0.25, -0.2) is 4.98 Å². The van der Waals surface area contributed by atoms with Crippen LogP contribution in [-0.2, 0) is 0 Å². The molecular formula is C15H17N3O2. The molecule has 1 saturated carbocycles. The maximum atomic E-state index is 11.4. The van der Waals surface area contributed by atoms with Crippen molar-refractivity contribution < 1.29 is 9.90 Å². The third kappa shape index (κ3) is 1.59. The Morgan fingerprint density at radius 3 is 3.00 bits per heavy atom. The lowest BCUT2D eigenvalue weighted by Crippen LogP contribution is -2.25. The molecule has 104 valence electrons. The molecule has 1 N–H and O–H groups in total. The summed E-state index contributed by atoms with van der Waals surface area (Å²) in [6.45, 7) is 1.70. The van der Waals surface area contributed by atoms with Gasteiger partial charge in [-0.15, -0.1) is 0 Å². The summed E-state index contributed by atoms with van der Waals surface area (Å²) in [6, 6.07) is 5.72. The number of anilines is 1.